The van der Waals surface area contributed by atoms with Crippen LogP contribution in [-0.4, -0.2) is 23.6 Å². The number of nitrogens with one attached hydrogen (secondary N) is 1. The van der Waals surface area contributed by atoms with Crippen LogP contribution in [0.3, 0.4) is 0 Å². The quantitative estimate of drug-likeness (QED) is 0.640. The van der Waals surface area contributed by atoms with Crippen LogP contribution in [0.1, 0.15) is 12.8 Å². The zero-order valence-corrected chi connectivity index (χ0v) is 11.6. The van der Waals surface area contributed by atoms with Gasteiger partial charge in [0, 0.05) is 12.1 Å². The van der Waals surface area contributed by atoms with Gasteiger partial charge in [-0.3, -0.25) is 15.4 Å². The van der Waals surface area contributed by atoms with E-state index in [4.69, 9.17) is 10.00 Å². The number of non-ortho nitro benzene ring substituents is 1. The smallest absolute Gasteiger partial charge is 0.273 e. The molecule has 1 aliphatic carbocycles. The second-order valence-corrected chi connectivity index (χ2v) is 5.16. The van der Waals surface area contributed by atoms with Crippen molar-refractivity contribution in [2.24, 2.45) is 0 Å². The third kappa shape index (κ3) is 3.91. The van der Waals surface area contributed by atoms with Gasteiger partial charge in [0.25, 0.3) is 5.69 Å². The van der Waals surface area contributed by atoms with Gasteiger partial charge in [0.15, 0.2) is 0 Å². The topological polar surface area (TPSA) is 88.2 Å². The van der Waals surface area contributed by atoms with E-state index >= 15 is 0 Å². The maximum Gasteiger partial charge on any atom is 0.273 e. The lowest BCUT2D eigenvalue weighted by atomic mass is 10.3. The molecule has 7 heteroatoms. The summed E-state index contributed by atoms with van der Waals surface area (Å²) in [5.74, 6) is 0.368. The summed E-state index contributed by atoms with van der Waals surface area (Å²) < 4.78 is 6.10. The highest BCUT2D eigenvalue weighted by Gasteiger charge is 2.25. The van der Waals surface area contributed by atoms with E-state index in [1.807, 2.05) is 0 Å². The number of nitriles is 1. The van der Waals surface area contributed by atoms with Crippen LogP contribution in [0.4, 0.5) is 5.69 Å². The van der Waals surface area contributed by atoms with Gasteiger partial charge in [-0.25, -0.2) is 0 Å². The molecule has 0 aliphatic heterocycles. The molecule has 0 heterocycles. The monoisotopic (exact) mass is 325 g/mol. The van der Waals surface area contributed by atoms with Gasteiger partial charge in [0.1, 0.15) is 18.4 Å². The molecule has 1 N–H and O–H groups in total. The van der Waals surface area contributed by atoms with E-state index in [9.17, 15) is 10.1 Å². The fourth-order valence-electron chi connectivity index (χ4n) is 1.55. The number of hydrogen-bond donors (Lipinski definition) is 1. The lowest BCUT2D eigenvalue weighted by molar-refractivity contribution is -0.385. The minimum Gasteiger partial charge on any atom is -0.489 e. The molecule has 100 valence electrons. The molecule has 2 rings (SSSR count). The van der Waals surface area contributed by atoms with Crippen molar-refractivity contribution in [3.63, 3.8) is 0 Å². The van der Waals surface area contributed by atoms with Crippen LogP contribution in [0.15, 0.2) is 22.7 Å². The van der Waals surface area contributed by atoms with Crippen LogP contribution in [0, 0.1) is 21.4 Å². The Balaban J connectivity index is 1.99. The lowest BCUT2D eigenvalue weighted by Gasteiger charge is -2.13. The molecule has 6 nitrogen and oxygen atoms in total. The van der Waals surface area contributed by atoms with Gasteiger partial charge in [-0.1, -0.05) is 0 Å². The van der Waals surface area contributed by atoms with E-state index in [1.54, 1.807) is 6.07 Å². The highest BCUT2D eigenvalue weighted by molar-refractivity contribution is 9.10. The molecule has 0 amide bonds. The maximum absolute atomic E-state index is 10.7. The Morgan fingerprint density at radius 1 is 1.63 bits per heavy atom. The highest BCUT2D eigenvalue weighted by atomic mass is 79.9. The molecule has 1 fully saturated rings. The van der Waals surface area contributed by atoms with Crippen molar-refractivity contribution in [1.29, 1.82) is 5.26 Å². The van der Waals surface area contributed by atoms with Gasteiger partial charge in [0.05, 0.1) is 21.5 Å². The van der Waals surface area contributed by atoms with Gasteiger partial charge in [-0.05, 0) is 34.8 Å². The minimum atomic E-state index is -0.483. The first-order chi connectivity index (χ1) is 9.10. The molecule has 1 aromatic rings. The summed E-state index contributed by atoms with van der Waals surface area (Å²) in [5, 5.41) is 22.8. The predicted octanol–water partition coefficient (Wildman–Crippen LogP) is 2.38. The van der Waals surface area contributed by atoms with Crippen LogP contribution in [0.5, 0.6) is 5.75 Å². The molecule has 0 bridgehead atoms. The van der Waals surface area contributed by atoms with Crippen LogP contribution >= 0.6 is 15.9 Å². The number of nitro benzene ring substituents is 1. The largest absolute Gasteiger partial charge is 0.489 e. The van der Waals surface area contributed by atoms with Crippen molar-refractivity contribution in [2.45, 2.75) is 24.9 Å². The summed E-state index contributed by atoms with van der Waals surface area (Å²) in [5.41, 5.74) is -0.0399. The molecule has 1 atom stereocenters. The van der Waals surface area contributed by atoms with Gasteiger partial charge in [-0.2, -0.15) is 5.26 Å². The lowest BCUT2D eigenvalue weighted by Crippen LogP contribution is -2.34. The van der Waals surface area contributed by atoms with E-state index in [-0.39, 0.29) is 12.3 Å². The first kappa shape index (κ1) is 13.8. The molecule has 1 aliphatic rings. The van der Waals surface area contributed by atoms with Crippen LogP contribution < -0.4 is 10.1 Å². The third-order valence-corrected chi connectivity index (χ3v) is 3.36. The summed E-state index contributed by atoms with van der Waals surface area (Å²) in [7, 11) is 0. The normalized spacial score (nSPS) is 15.6. The number of nitro groups is 1. The maximum atomic E-state index is 10.7. The Hall–Kier alpha value is -1.65. The number of benzene rings is 1. The molecule has 1 aromatic carbocycles. The Labute approximate surface area is 118 Å². The minimum absolute atomic E-state index is 0.0399. The van der Waals surface area contributed by atoms with Gasteiger partial charge in [0.2, 0.25) is 0 Å². The van der Waals surface area contributed by atoms with E-state index in [2.05, 4.69) is 27.3 Å². The molecule has 0 spiro atoms. The van der Waals surface area contributed by atoms with Crippen LogP contribution in [0.25, 0.3) is 0 Å². The number of halogens is 1. The molecular weight excluding hydrogens is 314 g/mol. The molecule has 1 saturated carbocycles. The Morgan fingerprint density at radius 2 is 2.37 bits per heavy atom. The van der Waals surface area contributed by atoms with Crippen molar-refractivity contribution < 1.29 is 9.66 Å². The summed E-state index contributed by atoms with van der Waals surface area (Å²) in [6.45, 7) is 0.159. The summed E-state index contributed by atoms with van der Waals surface area (Å²) >= 11 is 3.26. The Bertz CT molecular complexity index is 525. The van der Waals surface area contributed by atoms with Gasteiger partial charge >= 0.3 is 0 Å². The zero-order chi connectivity index (χ0) is 13.8. The van der Waals surface area contributed by atoms with E-state index in [0.29, 0.717) is 16.3 Å². The fourth-order valence-corrected chi connectivity index (χ4v) is 1.91. The van der Waals surface area contributed by atoms with Crippen molar-refractivity contribution in [2.75, 3.05) is 6.61 Å². The van der Waals surface area contributed by atoms with Gasteiger partial charge in [-0.15, -0.1) is 0 Å². The average molecular weight is 326 g/mol. The Kier molecular flexibility index (Phi) is 4.35. The molecule has 0 saturated heterocycles. The number of nitrogens with zero attached hydrogens (tertiary/aromatic N) is 2. The van der Waals surface area contributed by atoms with E-state index in [0.717, 1.165) is 12.8 Å². The Morgan fingerprint density at radius 3 is 2.95 bits per heavy atom. The highest BCUT2D eigenvalue weighted by Crippen LogP contribution is 2.29. The van der Waals surface area contributed by atoms with Crippen molar-refractivity contribution in [1.82, 2.24) is 5.32 Å². The van der Waals surface area contributed by atoms with Crippen molar-refractivity contribution in [3.05, 3.63) is 32.8 Å². The summed E-state index contributed by atoms with van der Waals surface area (Å²) in [6, 6.07) is 6.41. The third-order valence-electron chi connectivity index (χ3n) is 2.70. The van der Waals surface area contributed by atoms with Crippen molar-refractivity contribution in [3.8, 4) is 11.8 Å². The van der Waals surface area contributed by atoms with Crippen LogP contribution in [0.2, 0.25) is 0 Å². The molecule has 0 aromatic heterocycles. The molecule has 1 unspecified atom stereocenters. The average Bonchev–Trinajstić information content (AvgIpc) is 3.19. The second-order valence-electron chi connectivity index (χ2n) is 4.31. The van der Waals surface area contributed by atoms with Gasteiger partial charge < -0.3 is 4.74 Å². The molecule has 19 heavy (non-hydrogen) atoms. The second kappa shape index (κ2) is 5.99. The summed E-state index contributed by atoms with van der Waals surface area (Å²) in [4.78, 5) is 10.2. The first-order valence-corrected chi connectivity index (χ1v) is 6.62. The zero-order valence-electron chi connectivity index (χ0n) is 10.0. The molecule has 0 radical (unpaired) electrons. The number of hydrogen-bond acceptors (Lipinski definition) is 5. The van der Waals surface area contributed by atoms with E-state index < -0.39 is 11.0 Å². The number of ether oxygens (including phenoxy) is 1. The fraction of sp³-hybridized carbons (Fsp3) is 0.417. The summed E-state index contributed by atoms with van der Waals surface area (Å²) in [6.07, 6.45) is 2.16. The van der Waals surface area contributed by atoms with Crippen LogP contribution in [-0.2, 0) is 0 Å². The SMILES string of the molecule is N#CC(COc1cc([N+](=O)[O-])ccc1Br)NC1CC1. The van der Waals surface area contributed by atoms with Crippen molar-refractivity contribution >= 4 is 21.6 Å². The van der Waals surface area contributed by atoms with E-state index in [1.165, 1.54) is 12.1 Å². The first-order valence-electron chi connectivity index (χ1n) is 5.82. The molecular formula is C12H12BrN3O3. The number of rotatable bonds is 6. The predicted molar refractivity (Wildman–Crippen MR) is 71.9 cm³/mol. The standard InChI is InChI=1S/C12H12BrN3O3/c13-11-4-3-10(16(17)18)5-12(11)19-7-9(6-14)15-8-1-2-8/h3-5,8-9,15H,1-2,7H2.